The van der Waals surface area contributed by atoms with Crippen LogP contribution in [0.2, 0.25) is 0 Å². The lowest BCUT2D eigenvalue weighted by molar-refractivity contribution is -0.385. The van der Waals surface area contributed by atoms with Gasteiger partial charge in [0, 0.05) is 18.3 Å². The Hall–Kier alpha value is -4.40. The smallest absolute Gasteiger partial charge is 0.276 e. The topological polar surface area (TPSA) is 114 Å². The number of nitrogens with zero attached hydrogens (tertiary/aromatic N) is 2. The van der Waals surface area contributed by atoms with E-state index in [1.807, 2.05) is 0 Å². The number of benzene rings is 2. The first-order valence-corrected chi connectivity index (χ1v) is 8.68. The molecular formula is C21H15FN4O4. The van der Waals surface area contributed by atoms with Crippen LogP contribution in [0.5, 0.6) is 0 Å². The molecule has 0 aliphatic heterocycles. The van der Waals surface area contributed by atoms with Crippen LogP contribution in [0.25, 0.3) is 6.08 Å². The molecule has 2 N–H and O–H groups in total. The first-order valence-electron chi connectivity index (χ1n) is 8.68. The first-order chi connectivity index (χ1) is 14.4. The minimum absolute atomic E-state index is 0.0245. The molecule has 0 unspecified atom stereocenters. The zero-order chi connectivity index (χ0) is 21.5. The van der Waals surface area contributed by atoms with Gasteiger partial charge in [-0.15, -0.1) is 0 Å². The van der Waals surface area contributed by atoms with Crippen LogP contribution < -0.4 is 10.6 Å². The maximum Gasteiger partial charge on any atom is 0.276 e. The zero-order valence-corrected chi connectivity index (χ0v) is 15.4. The molecule has 8 nitrogen and oxygen atoms in total. The average Bonchev–Trinajstić information content (AvgIpc) is 2.75. The lowest BCUT2D eigenvalue weighted by Crippen LogP contribution is -2.16. The highest BCUT2D eigenvalue weighted by molar-refractivity contribution is 6.08. The molecule has 30 heavy (non-hydrogen) atoms. The summed E-state index contributed by atoms with van der Waals surface area (Å²) in [6.45, 7) is 0. The second-order valence-corrected chi connectivity index (χ2v) is 6.00. The molecule has 150 valence electrons. The molecule has 2 aromatic carbocycles. The molecule has 0 aliphatic rings. The number of hydrogen-bond donors (Lipinski definition) is 2. The molecule has 0 saturated carbocycles. The van der Waals surface area contributed by atoms with Crippen LogP contribution >= 0.6 is 0 Å². The highest BCUT2D eigenvalue weighted by Crippen LogP contribution is 2.24. The largest absolute Gasteiger partial charge is 0.321 e. The number of anilines is 2. The van der Waals surface area contributed by atoms with E-state index in [9.17, 15) is 24.1 Å². The fourth-order valence-corrected chi connectivity index (χ4v) is 2.55. The van der Waals surface area contributed by atoms with Gasteiger partial charge in [-0.25, -0.2) is 4.39 Å². The fourth-order valence-electron chi connectivity index (χ4n) is 2.55. The van der Waals surface area contributed by atoms with Crippen molar-refractivity contribution in [3.05, 3.63) is 100 Å². The monoisotopic (exact) mass is 406 g/mol. The molecule has 0 radical (unpaired) electrons. The lowest BCUT2D eigenvalue weighted by atomic mass is 10.1. The number of pyridine rings is 1. The van der Waals surface area contributed by atoms with Crippen LogP contribution in [0.15, 0.2) is 72.9 Å². The number of halogens is 1. The summed E-state index contributed by atoms with van der Waals surface area (Å²) in [4.78, 5) is 39.0. The summed E-state index contributed by atoms with van der Waals surface area (Å²) in [5.74, 6) is -1.82. The number of nitro groups is 1. The van der Waals surface area contributed by atoms with Gasteiger partial charge in [0.25, 0.3) is 11.6 Å². The van der Waals surface area contributed by atoms with Crippen LogP contribution in [0.3, 0.4) is 0 Å². The van der Waals surface area contributed by atoms with Crippen LogP contribution in [-0.2, 0) is 4.79 Å². The molecule has 0 aliphatic carbocycles. The standard InChI is InChI=1S/C21H15FN4O4/c22-15-9-10-16(25-21(28)17-6-3-4-12-23-17)18(13-15)24-20(27)11-8-14-5-1-2-7-19(14)26(29)30/h1-13H,(H,24,27)(H,25,28)/b11-8+. The predicted molar refractivity (Wildman–Crippen MR) is 109 cm³/mol. The quantitative estimate of drug-likeness (QED) is 0.364. The normalized spacial score (nSPS) is 10.6. The fraction of sp³-hybridized carbons (Fsp3) is 0. The van der Waals surface area contributed by atoms with Gasteiger partial charge in [-0.1, -0.05) is 18.2 Å². The van der Waals surface area contributed by atoms with E-state index in [2.05, 4.69) is 15.6 Å². The SMILES string of the molecule is O=C(/C=C/c1ccccc1[N+](=O)[O-])Nc1cc(F)ccc1NC(=O)c1ccccn1. The molecule has 9 heteroatoms. The van der Waals surface area contributed by atoms with E-state index in [4.69, 9.17) is 0 Å². The number of amides is 2. The molecule has 2 amide bonds. The van der Waals surface area contributed by atoms with Crippen molar-refractivity contribution in [3.8, 4) is 0 Å². The Morgan fingerprint density at radius 1 is 1.00 bits per heavy atom. The zero-order valence-electron chi connectivity index (χ0n) is 15.4. The molecule has 3 aromatic rings. The van der Waals surface area contributed by atoms with Gasteiger partial charge in [0.1, 0.15) is 11.5 Å². The number of carbonyl (C=O) groups is 2. The maximum absolute atomic E-state index is 13.7. The summed E-state index contributed by atoms with van der Waals surface area (Å²) in [5, 5.41) is 16.1. The Kier molecular flexibility index (Phi) is 6.23. The van der Waals surface area contributed by atoms with E-state index >= 15 is 0 Å². The number of nitro benzene ring substituents is 1. The van der Waals surface area contributed by atoms with E-state index in [1.54, 1.807) is 18.2 Å². The number of rotatable bonds is 6. The Bertz CT molecular complexity index is 1130. The number of para-hydroxylation sites is 1. The van der Waals surface area contributed by atoms with Crippen LogP contribution in [0.4, 0.5) is 21.5 Å². The van der Waals surface area contributed by atoms with Gasteiger partial charge in [0.2, 0.25) is 5.91 Å². The van der Waals surface area contributed by atoms with Crippen molar-refractivity contribution in [2.45, 2.75) is 0 Å². The third-order valence-electron chi connectivity index (χ3n) is 3.93. The summed E-state index contributed by atoms with van der Waals surface area (Å²) in [6, 6.07) is 14.2. The molecule has 3 rings (SSSR count). The minimum Gasteiger partial charge on any atom is -0.321 e. The van der Waals surface area contributed by atoms with E-state index in [-0.39, 0.29) is 28.3 Å². The summed E-state index contributed by atoms with van der Waals surface area (Å²) < 4.78 is 13.7. The maximum atomic E-state index is 13.7. The Morgan fingerprint density at radius 3 is 2.50 bits per heavy atom. The Morgan fingerprint density at radius 2 is 1.77 bits per heavy atom. The molecule has 0 saturated heterocycles. The van der Waals surface area contributed by atoms with E-state index in [0.717, 1.165) is 18.2 Å². The Labute approximate surface area is 170 Å². The molecule has 0 fully saturated rings. The van der Waals surface area contributed by atoms with Gasteiger partial charge in [0.05, 0.1) is 21.9 Å². The van der Waals surface area contributed by atoms with Gasteiger partial charge < -0.3 is 10.6 Å². The number of hydrogen-bond acceptors (Lipinski definition) is 5. The second kappa shape index (κ2) is 9.20. The van der Waals surface area contributed by atoms with Crippen molar-refractivity contribution in [2.24, 2.45) is 0 Å². The number of aromatic nitrogens is 1. The van der Waals surface area contributed by atoms with E-state index in [0.29, 0.717) is 0 Å². The van der Waals surface area contributed by atoms with Gasteiger partial charge in [-0.2, -0.15) is 0 Å². The summed E-state index contributed by atoms with van der Waals surface area (Å²) in [7, 11) is 0. The van der Waals surface area contributed by atoms with Crippen molar-refractivity contribution in [3.63, 3.8) is 0 Å². The highest BCUT2D eigenvalue weighted by atomic mass is 19.1. The van der Waals surface area contributed by atoms with Crippen LogP contribution in [0, 0.1) is 15.9 Å². The second-order valence-electron chi connectivity index (χ2n) is 6.00. The highest BCUT2D eigenvalue weighted by Gasteiger charge is 2.13. The molecule has 1 heterocycles. The third-order valence-corrected chi connectivity index (χ3v) is 3.93. The average molecular weight is 406 g/mol. The summed E-state index contributed by atoms with van der Waals surface area (Å²) in [6.07, 6.45) is 3.81. The van der Waals surface area contributed by atoms with Crippen molar-refractivity contribution in [1.29, 1.82) is 0 Å². The minimum atomic E-state index is -0.660. The molecule has 0 spiro atoms. The number of carbonyl (C=O) groups excluding carboxylic acids is 2. The van der Waals surface area contributed by atoms with Gasteiger partial charge in [0.15, 0.2) is 0 Å². The molecule has 0 bridgehead atoms. The molecule has 1 aromatic heterocycles. The summed E-state index contributed by atoms with van der Waals surface area (Å²) in [5.41, 5.74) is 0.419. The predicted octanol–water partition coefficient (Wildman–Crippen LogP) is 4.03. The van der Waals surface area contributed by atoms with E-state index < -0.39 is 22.6 Å². The summed E-state index contributed by atoms with van der Waals surface area (Å²) >= 11 is 0. The van der Waals surface area contributed by atoms with Crippen LogP contribution in [0.1, 0.15) is 16.1 Å². The third kappa shape index (κ3) is 5.10. The van der Waals surface area contributed by atoms with E-state index in [1.165, 1.54) is 42.6 Å². The first kappa shape index (κ1) is 20.3. The van der Waals surface area contributed by atoms with Crippen molar-refractivity contribution < 1.29 is 18.9 Å². The van der Waals surface area contributed by atoms with Gasteiger partial charge in [-0.3, -0.25) is 24.7 Å². The lowest BCUT2D eigenvalue weighted by Gasteiger charge is -2.11. The number of nitrogens with one attached hydrogen (secondary N) is 2. The Balaban J connectivity index is 1.78. The van der Waals surface area contributed by atoms with Gasteiger partial charge >= 0.3 is 0 Å². The van der Waals surface area contributed by atoms with Crippen LogP contribution in [-0.4, -0.2) is 21.7 Å². The van der Waals surface area contributed by atoms with Crippen molar-refractivity contribution in [1.82, 2.24) is 4.98 Å². The van der Waals surface area contributed by atoms with Gasteiger partial charge in [-0.05, 0) is 42.5 Å². The van der Waals surface area contributed by atoms with Crippen molar-refractivity contribution >= 4 is 35.0 Å². The molecule has 0 atom stereocenters. The molecular weight excluding hydrogens is 391 g/mol. The van der Waals surface area contributed by atoms with Crippen molar-refractivity contribution in [2.75, 3.05) is 10.6 Å².